The Kier molecular flexibility index (Phi) is 4.81. The summed E-state index contributed by atoms with van der Waals surface area (Å²) in [5.74, 6) is 0.884. The molecule has 1 aromatic carbocycles. The summed E-state index contributed by atoms with van der Waals surface area (Å²) in [6.07, 6.45) is 0.827. The third-order valence-electron chi connectivity index (χ3n) is 3.15. The van der Waals surface area contributed by atoms with Crippen molar-refractivity contribution in [2.24, 2.45) is 0 Å². The predicted molar refractivity (Wildman–Crippen MR) is 71.9 cm³/mol. The first kappa shape index (κ1) is 14.6. The molecule has 110 valence electrons. The van der Waals surface area contributed by atoms with Gasteiger partial charge in [-0.1, -0.05) is 0 Å². The summed E-state index contributed by atoms with van der Waals surface area (Å²) in [5.41, 5.74) is 0.476. The first-order valence-electron chi connectivity index (χ1n) is 6.40. The zero-order valence-electron chi connectivity index (χ0n) is 11.9. The molecule has 1 aliphatic heterocycles. The van der Waals surface area contributed by atoms with E-state index in [0.29, 0.717) is 30.3 Å². The van der Waals surface area contributed by atoms with Gasteiger partial charge in [-0.3, -0.25) is 9.63 Å². The third-order valence-corrected chi connectivity index (χ3v) is 3.15. The number of rotatable bonds is 5. The molecule has 1 aliphatic rings. The van der Waals surface area contributed by atoms with Crippen LogP contribution in [0.1, 0.15) is 16.8 Å². The molecule has 2 rings (SSSR count). The average molecular weight is 281 g/mol. The molecule has 1 amide bonds. The molecule has 1 heterocycles. The van der Waals surface area contributed by atoms with Crippen molar-refractivity contribution in [3.8, 4) is 11.5 Å². The van der Waals surface area contributed by atoms with Crippen molar-refractivity contribution in [1.29, 1.82) is 0 Å². The van der Waals surface area contributed by atoms with Crippen molar-refractivity contribution in [3.63, 3.8) is 0 Å². The molecule has 0 aromatic heterocycles. The molecule has 20 heavy (non-hydrogen) atoms. The lowest BCUT2D eigenvalue weighted by molar-refractivity contribution is -0.0757. The summed E-state index contributed by atoms with van der Waals surface area (Å²) >= 11 is 0. The Balaban J connectivity index is 2.21. The number of ether oxygens (including phenoxy) is 3. The quantitative estimate of drug-likeness (QED) is 0.765. The van der Waals surface area contributed by atoms with Gasteiger partial charge in [-0.15, -0.1) is 0 Å². The van der Waals surface area contributed by atoms with Crippen LogP contribution in [-0.4, -0.2) is 51.6 Å². The number of hydrogen-bond acceptors (Lipinski definition) is 5. The standard InChI is InChI=1S/C14H19NO5/c1-15(18-3)14(16)10-4-5-12(17-2)13(8-10)20-11-6-7-19-9-11/h4-5,8,11H,6-7,9H2,1-3H3. The van der Waals surface area contributed by atoms with Gasteiger partial charge in [0.25, 0.3) is 5.91 Å². The Morgan fingerprint density at radius 3 is 2.75 bits per heavy atom. The molecule has 0 N–H and O–H groups in total. The van der Waals surface area contributed by atoms with Gasteiger partial charge in [0.15, 0.2) is 11.5 Å². The zero-order chi connectivity index (χ0) is 14.5. The van der Waals surface area contributed by atoms with Crippen molar-refractivity contribution in [2.75, 3.05) is 34.5 Å². The smallest absolute Gasteiger partial charge is 0.277 e. The van der Waals surface area contributed by atoms with E-state index in [1.54, 1.807) is 32.4 Å². The van der Waals surface area contributed by atoms with E-state index in [1.807, 2.05) is 0 Å². The first-order valence-corrected chi connectivity index (χ1v) is 6.40. The summed E-state index contributed by atoms with van der Waals surface area (Å²) in [6, 6.07) is 5.05. The Hall–Kier alpha value is -1.79. The summed E-state index contributed by atoms with van der Waals surface area (Å²) in [7, 11) is 4.56. The van der Waals surface area contributed by atoms with Gasteiger partial charge in [-0.05, 0) is 18.2 Å². The number of hydroxylamine groups is 2. The molecule has 0 radical (unpaired) electrons. The van der Waals surface area contributed by atoms with Crippen molar-refractivity contribution in [3.05, 3.63) is 23.8 Å². The van der Waals surface area contributed by atoms with Crippen LogP contribution in [0.3, 0.4) is 0 Å². The molecule has 0 bridgehead atoms. The SMILES string of the molecule is COc1ccc(C(=O)N(C)OC)cc1OC1CCOC1. The molecule has 1 atom stereocenters. The molecule has 0 spiro atoms. The van der Waals surface area contributed by atoms with Gasteiger partial charge in [-0.25, -0.2) is 5.06 Å². The highest BCUT2D eigenvalue weighted by Gasteiger charge is 2.21. The largest absolute Gasteiger partial charge is 0.493 e. The minimum Gasteiger partial charge on any atom is -0.493 e. The van der Waals surface area contributed by atoms with Gasteiger partial charge >= 0.3 is 0 Å². The summed E-state index contributed by atoms with van der Waals surface area (Å²) in [4.78, 5) is 16.9. The van der Waals surface area contributed by atoms with Crippen LogP contribution < -0.4 is 9.47 Å². The molecule has 0 aliphatic carbocycles. The van der Waals surface area contributed by atoms with Gasteiger partial charge in [0.1, 0.15) is 6.10 Å². The van der Waals surface area contributed by atoms with Crippen LogP contribution >= 0.6 is 0 Å². The fraction of sp³-hybridized carbons (Fsp3) is 0.500. The Morgan fingerprint density at radius 1 is 1.35 bits per heavy atom. The molecule has 1 fully saturated rings. The van der Waals surface area contributed by atoms with Gasteiger partial charge in [-0.2, -0.15) is 0 Å². The van der Waals surface area contributed by atoms with Gasteiger partial charge < -0.3 is 14.2 Å². The topological polar surface area (TPSA) is 57.2 Å². The second-order valence-electron chi connectivity index (χ2n) is 4.45. The number of methoxy groups -OCH3 is 1. The molecule has 1 saturated heterocycles. The van der Waals surface area contributed by atoms with Crippen LogP contribution in [0, 0.1) is 0 Å². The lowest BCUT2D eigenvalue weighted by Crippen LogP contribution is -2.25. The maximum absolute atomic E-state index is 12.0. The molecular formula is C14H19NO5. The van der Waals surface area contributed by atoms with E-state index in [4.69, 9.17) is 19.0 Å². The molecule has 1 aromatic rings. The molecule has 1 unspecified atom stereocenters. The molecule has 6 nitrogen and oxygen atoms in total. The molecular weight excluding hydrogens is 262 g/mol. The predicted octanol–water partition coefficient (Wildman–Crippen LogP) is 1.50. The first-order chi connectivity index (χ1) is 9.65. The number of hydrogen-bond donors (Lipinski definition) is 0. The monoisotopic (exact) mass is 281 g/mol. The van der Waals surface area contributed by atoms with Crippen LogP contribution in [0.2, 0.25) is 0 Å². The van der Waals surface area contributed by atoms with E-state index in [9.17, 15) is 4.79 Å². The Morgan fingerprint density at radius 2 is 2.15 bits per heavy atom. The van der Waals surface area contributed by atoms with Crippen LogP contribution in [0.5, 0.6) is 11.5 Å². The minimum atomic E-state index is -0.248. The lowest BCUT2D eigenvalue weighted by Gasteiger charge is -2.17. The highest BCUT2D eigenvalue weighted by Crippen LogP contribution is 2.30. The van der Waals surface area contributed by atoms with Gasteiger partial charge in [0.2, 0.25) is 0 Å². The van der Waals surface area contributed by atoms with Crippen molar-refractivity contribution in [1.82, 2.24) is 5.06 Å². The second-order valence-corrected chi connectivity index (χ2v) is 4.45. The number of nitrogens with zero attached hydrogens (tertiary/aromatic N) is 1. The second kappa shape index (κ2) is 6.58. The maximum atomic E-state index is 12.0. The highest BCUT2D eigenvalue weighted by atomic mass is 16.7. The van der Waals surface area contributed by atoms with Crippen molar-refractivity contribution in [2.45, 2.75) is 12.5 Å². The fourth-order valence-electron chi connectivity index (χ4n) is 1.95. The Labute approximate surface area is 118 Å². The Bertz CT molecular complexity index is 471. The fourth-order valence-corrected chi connectivity index (χ4v) is 1.95. The molecule has 6 heteroatoms. The summed E-state index contributed by atoms with van der Waals surface area (Å²) in [6.45, 7) is 1.25. The maximum Gasteiger partial charge on any atom is 0.277 e. The van der Waals surface area contributed by atoms with Crippen molar-refractivity contribution >= 4 is 5.91 Å². The summed E-state index contributed by atoms with van der Waals surface area (Å²) in [5, 5.41) is 1.16. The van der Waals surface area contributed by atoms with E-state index in [2.05, 4.69) is 0 Å². The van der Waals surface area contributed by atoms with E-state index in [0.717, 1.165) is 11.5 Å². The van der Waals surface area contributed by atoms with Gasteiger partial charge in [0, 0.05) is 19.0 Å². The van der Waals surface area contributed by atoms with Crippen molar-refractivity contribution < 1.29 is 23.8 Å². The average Bonchev–Trinajstić information content (AvgIpc) is 2.98. The van der Waals surface area contributed by atoms with Crippen LogP contribution in [0.4, 0.5) is 0 Å². The van der Waals surface area contributed by atoms with Gasteiger partial charge in [0.05, 0.1) is 27.4 Å². The lowest BCUT2D eigenvalue weighted by atomic mass is 10.2. The van der Waals surface area contributed by atoms with E-state index >= 15 is 0 Å². The van der Waals surface area contributed by atoms with E-state index in [1.165, 1.54) is 7.11 Å². The summed E-state index contributed by atoms with van der Waals surface area (Å²) < 4.78 is 16.4. The van der Waals surface area contributed by atoms with Crippen LogP contribution in [0.15, 0.2) is 18.2 Å². The minimum absolute atomic E-state index is 0.00518. The van der Waals surface area contributed by atoms with Crippen LogP contribution in [0.25, 0.3) is 0 Å². The zero-order valence-corrected chi connectivity index (χ0v) is 11.9. The van der Waals surface area contributed by atoms with E-state index in [-0.39, 0.29) is 12.0 Å². The number of carbonyl (C=O) groups is 1. The van der Waals surface area contributed by atoms with Crippen LogP contribution in [-0.2, 0) is 9.57 Å². The highest BCUT2D eigenvalue weighted by molar-refractivity contribution is 5.94. The number of benzene rings is 1. The third kappa shape index (κ3) is 3.20. The molecule has 0 saturated carbocycles. The normalized spacial score (nSPS) is 17.9. The number of carbonyl (C=O) groups excluding carboxylic acids is 1. The van der Waals surface area contributed by atoms with E-state index < -0.39 is 0 Å². The number of amides is 1.